The zero-order valence-corrected chi connectivity index (χ0v) is 9.31. The van der Waals surface area contributed by atoms with Crippen molar-refractivity contribution in [1.29, 1.82) is 0 Å². The van der Waals surface area contributed by atoms with Crippen molar-refractivity contribution in [3.63, 3.8) is 0 Å². The van der Waals surface area contributed by atoms with Crippen LogP contribution in [0.4, 0.5) is 5.69 Å². The van der Waals surface area contributed by atoms with Crippen LogP contribution in [0.3, 0.4) is 0 Å². The molecule has 2 N–H and O–H groups in total. The maximum atomic E-state index is 5.71. The predicted octanol–water partition coefficient (Wildman–Crippen LogP) is 3.44. The Labute approximate surface area is 95.7 Å². The van der Waals surface area contributed by atoms with Gasteiger partial charge in [-0.05, 0) is 49.8 Å². The molecule has 0 bridgehead atoms. The molecular formula is C14H15NO. The first kappa shape index (κ1) is 10.6. The fraction of sp³-hybridized carbons (Fsp3) is 0.143. The maximum absolute atomic E-state index is 5.71. The first-order chi connectivity index (χ1) is 7.74. The Hall–Kier alpha value is -1.96. The molecule has 0 spiro atoms. The number of rotatable bonds is 2. The van der Waals surface area contributed by atoms with Gasteiger partial charge in [-0.25, -0.2) is 0 Å². The van der Waals surface area contributed by atoms with Crippen molar-refractivity contribution in [1.82, 2.24) is 0 Å². The van der Waals surface area contributed by atoms with Crippen LogP contribution in [0.2, 0.25) is 0 Å². The minimum absolute atomic E-state index is 0.744. The number of nitrogens with two attached hydrogens (primary N) is 1. The van der Waals surface area contributed by atoms with Crippen molar-refractivity contribution in [3.8, 4) is 5.75 Å². The van der Waals surface area contributed by atoms with Gasteiger partial charge in [0, 0.05) is 5.69 Å². The predicted molar refractivity (Wildman–Crippen MR) is 67.1 cm³/mol. The normalized spacial score (nSPS) is 15.1. The van der Waals surface area contributed by atoms with Crippen LogP contribution in [0.25, 0.3) is 0 Å². The highest BCUT2D eigenvalue weighted by Gasteiger charge is 1.99. The molecular weight excluding hydrogens is 198 g/mol. The van der Waals surface area contributed by atoms with Crippen LogP contribution in [-0.4, -0.2) is 0 Å². The molecule has 0 fully saturated rings. The number of allylic oxidation sites excluding steroid dienone is 5. The van der Waals surface area contributed by atoms with E-state index >= 15 is 0 Å². The van der Waals surface area contributed by atoms with Crippen LogP contribution < -0.4 is 10.5 Å². The quantitative estimate of drug-likeness (QED) is 0.764. The Balaban J connectivity index is 2.13. The Morgan fingerprint density at radius 1 is 1.12 bits per heavy atom. The summed E-state index contributed by atoms with van der Waals surface area (Å²) < 4.78 is 5.71. The molecule has 0 aliphatic heterocycles. The fourth-order valence-electron chi connectivity index (χ4n) is 1.45. The van der Waals surface area contributed by atoms with Crippen molar-refractivity contribution in [2.75, 3.05) is 5.73 Å². The highest BCUT2D eigenvalue weighted by atomic mass is 16.5. The van der Waals surface area contributed by atoms with Crippen molar-refractivity contribution in [2.45, 2.75) is 13.3 Å². The van der Waals surface area contributed by atoms with Gasteiger partial charge in [0.25, 0.3) is 0 Å². The van der Waals surface area contributed by atoms with Gasteiger partial charge in [0.05, 0.1) is 0 Å². The standard InChI is InChI=1S/C14H15NO/c1-11-3-2-4-13(8-5-11)16-14-9-6-12(15)7-10-14/h2,4-10H,3,15H2,1H3. The molecule has 1 aliphatic carbocycles. The largest absolute Gasteiger partial charge is 0.457 e. The van der Waals surface area contributed by atoms with E-state index in [0.717, 1.165) is 23.6 Å². The van der Waals surface area contributed by atoms with Crippen LogP contribution in [0.1, 0.15) is 13.3 Å². The van der Waals surface area contributed by atoms with E-state index in [-0.39, 0.29) is 0 Å². The van der Waals surface area contributed by atoms with Crippen molar-refractivity contribution in [3.05, 3.63) is 59.9 Å². The molecule has 0 saturated heterocycles. The average molecular weight is 213 g/mol. The number of benzene rings is 1. The molecule has 0 heterocycles. The van der Waals surface area contributed by atoms with Gasteiger partial charge >= 0.3 is 0 Å². The summed E-state index contributed by atoms with van der Waals surface area (Å²) in [6, 6.07) is 7.39. The van der Waals surface area contributed by atoms with Crippen LogP contribution in [0, 0.1) is 0 Å². The molecule has 0 aromatic heterocycles. The summed E-state index contributed by atoms with van der Waals surface area (Å²) in [5.41, 5.74) is 7.68. The summed E-state index contributed by atoms with van der Waals surface area (Å²) in [4.78, 5) is 0. The van der Waals surface area contributed by atoms with Gasteiger partial charge in [0.1, 0.15) is 11.5 Å². The molecule has 2 rings (SSSR count). The van der Waals surface area contributed by atoms with Gasteiger partial charge in [-0.1, -0.05) is 17.7 Å². The van der Waals surface area contributed by atoms with E-state index < -0.39 is 0 Å². The highest BCUT2D eigenvalue weighted by molar-refractivity contribution is 5.42. The van der Waals surface area contributed by atoms with Crippen LogP contribution in [-0.2, 0) is 0 Å². The van der Waals surface area contributed by atoms with E-state index in [0.29, 0.717) is 0 Å². The second-order valence-corrected chi connectivity index (χ2v) is 3.86. The average Bonchev–Trinajstić information content (AvgIpc) is 2.47. The molecule has 1 aliphatic rings. The number of anilines is 1. The summed E-state index contributed by atoms with van der Waals surface area (Å²) in [5.74, 6) is 1.65. The Morgan fingerprint density at radius 2 is 1.88 bits per heavy atom. The van der Waals surface area contributed by atoms with Crippen LogP contribution >= 0.6 is 0 Å². The molecule has 82 valence electrons. The van der Waals surface area contributed by atoms with Gasteiger partial charge < -0.3 is 10.5 Å². The first-order valence-electron chi connectivity index (χ1n) is 5.31. The Bertz CT molecular complexity index is 452. The summed E-state index contributed by atoms with van der Waals surface area (Å²) >= 11 is 0. The second kappa shape index (κ2) is 4.71. The molecule has 16 heavy (non-hydrogen) atoms. The highest BCUT2D eigenvalue weighted by Crippen LogP contribution is 2.18. The van der Waals surface area contributed by atoms with Gasteiger partial charge in [0.15, 0.2) is 0 Å². The minimum atomic E-state index is 0.744. The van der Waals surface area contributed by atoms with Gasteiger partial charge in [-0.15, -0.1) is 0 Å². The zero-order chi connectivity index (χ0) is 11.4. The minimum Gasteiger partial charge on any atom is -0.457 e. The molecule has 1 aromatic carbocycles. The summed E-state index contributed by atoms with van der Waals surface area (Å²) in [6.07, 6.45) is 9.12. The number of hydrogen-bond donors (Lipinski definition) is 1. The van der Waals surface area contributed by atoms with Gasteiger partial charge in [-0.3, -0.25) is 0 Å². The third-order valence-corrected chi connectivity index (χ3v) is 2.37. The van der Waals surface area contributed by atoms with Crippen molar-refractivity contribution in [2.24, 2.45) is 0 Å². The molecule has 0 atom stereocenters. The third-order valence-electron chi connectivity index (χ3n) is 2.37. The fourth-order valence-corrected chi connectivity index (χ4v) is 1.45. The number of ether oxygens (including phenoxy) is 1. The van der Waals surface area contributed by atoms with E-state index in [1.165, 1.54) is 5.57 Å². The van der Waals surface area contributed by atoms with E-state index in [1.54, 1.807) is 0 Å². The molecule has 0 radical (unpaired) electrons. The topological polar surface area (TPSA) is 35.2 Å². The summed E-state index contributed by atoms with van der Waals surface area (Å²) in [5, 5.41) is 0. The smallest absolute Gasteiger partial charge is 0.127 e. The van der Waals surface area contributed by atoms with E-state index in [4.69, 9.17) is 10.5 Å². The SMILES string of the molecule is CC1=CC=C(Oc2ccc(N)cc2)C=CC1. The lowest BCUT2D eigenvalue weighted by Gasteiger charge is -2.05. The first-order valence-corrected chi connectivity index (χ1v) is 5.31. The van der Waals surface area contributed by atoms with Crippen molar-refractivity contribution >= 4 is 5.69 Å². The number of hydrogen-bond acceptors (Lipinski definition) is 2. The maximum Gasteiger partial charge on any atom is 0.127 e. The molecule has 2 heteroatoms. The monoisotopic (exact) mass is 213 g/mol. The lowest BCUT2D eigenvalue weighted by atomic mass is 10.2. The Morgan fingerprint density at radius 3 is 2.62 bits per heavy atom. The van der Waals surface area contributed by atoms with Gasteiger partial charge in [-0.2, -0.15) is 0 Å². The molecule has 1 aromatic rings. The lowest BCUT2D eigenvalue weighted by molar-refractivity contribution is 0.444. The molecule has 2 nitrogen and oxygen atoms in total. The van der Waals surface area contributed by atoms with E-state index in [9.17, 15) is 0 Å². The molecule has 0 unspecified atom stereocenters. The second-order valence-electron chi connectivity index (χ2n) is 3.86. The zero-order valence-electron chi connectivity index (χ0n) is 9.31. The third kappa shape index (κ3) is 2.76. The van der Waals surface area contributed by atoms with Crippen LogP contribution in [0.5, 0.6) is 5.75 Å². The Kier molecular flexibility index (Phi) is 3.10. The molecule has 0 saturated carbocycles. The van der Waals surface area contributed by atoms with Gasteiger partial charge in [0.2, 0.25) is 0 Å². The van der Waals surface area contributed by atoms with E-state index in [1.807, 2.05) is 36.4 Å². The number of nitrogen functional groups attached to an aromatic ring is 1. The summed E-state index contributed by atoms with van der Waals surface area (Å²) in [7, 11) is 0. The van der Waals surface area contributed by atoms with Crippen LogP contribution in [0.15, 0.2) is 59.9 Å². The lowest BCUT2D eigenvalue weighted by Crippen LogP contribution is -1.92. The molecule has 0 amide bonds. The van der Waals surface area contributed by atoms with E-state index in [2.05, 4.69) is 19.1 Å². The summed E-state index contributed by atoms with van der Waals surface area (Å²) in [6.45, 7) is 2.10. The van der Waals surface area contributed by atoms with Crippen molar-refractivity contribution < 1.29 is 4.74 Å².